The molecule has 0 amide bonds. The Hall–Kier alpha value is -2.40. The molecule has 1 saturated heterocycles. The lowest BCUT2D eigenvalue weighted by atomic mass is 10.2. The number of piperazine rings is 1. The minimum atomic E-state index is 0.257. The number of methoxy groups -OCH3 is 1. The fraction of sp³-hybridized carbons (Fsp3) is 0.368. The van der Waals surface area contributed by atoms with Crippen molar-refractivity contribution in [2.24, 2.45) is 0 Å². The van der Waals surface area contributed by atoms with Gasteiger partial charge in [-0.1, -0.05) is 24.3 Å². The van der Waals surface area contributed by atoms with Crippen LogP contribution in [0.15, 0.2) is 60.0 Å². The van der Waals surface area contributed by atoms with E-state index in [-0.39, 0.29) is 5.88 Å². The Kier molecular flexibility index (Phi) is 5.43. The molecule has 128 valence electrons. The van der Waals surface area contributed by atoms with Gasteiger partial charge in [0.25, 0.3) is 0 Å². The maximum atomic E-state index is 9.95. The number of nitrogens with zero attached hydrogens (tertiary/aromatic N) is 2. The quantitative estimate of drug-likeness (QED) is 0.785. The van der Waals surface area contributed by atoms with Crippen LogP contribution in [0.25, 0.3) is 0 Å². The van der Waals surface area contributed by atoms with Crippen LogP contribution in [0.5, 0.6) is 5.75 Å². The number of allylic oxidation sites excluding steroid dienone is 5. The third-order valence-electron chi connectivity index (χ3n) is 4.45. The summed E-state index contributed by atoms with van der Waals surface area (Å²) in [5, 5.41) is 13.0. The van der Waals surface area contributed by atoms with Crippen LogP contribution in [0.4, 0.5) is 5.69 Å². The van der Waals surface area contributed by atoms with Gasteiger partial charge < -0.3 is 20.1 Å². The van der Waals surface area contributed by atoms with E-state index in [0.29, 0.717) is 0 Å². The number of benzene rings is 1. The molecule has 1 aromatic carbocycles. The number of aliphatic hydroxyl groups excluding tert-OH is 1. The van der Waals surface area contributed by atoms with Gasteiger partial charge in [-0.25, -0.2) is 0 Å². The van der Waals surface area contributed by atoms with E-state index < -0.39 is 0 Å². The SMILES string of the molecule is COc1ccccc1N1CCN(CCNC(O)=C2C=CC=C2)CC1. The number of para-hydroxylation sites is 2. The summed E-state index contributed by atoms with van der Waals surface area (Å²) in [5.74, 6) is 1.19. The van der Waals surface area contributed by atoms with Gasteiger partial charge in [-0.15, -0.1) is 0 Å². The van der Waals surface area contributed by atoms with Crippen molar-refractivity contribution in [1.82, 2.24) is 10.2 Å². The Morgan fingerprint density at radius 1 is 1.12 bits per heavy atom. The fourth-order valence-electron chi connectivity index (χ4n) is 3.07. The molecule has 0 saturated carbocycles. The average Bonchev–Trinajstić information content (AvgIpc) is 3.17. The Morgan fingerprint density at radius 3 is 2.54 bits per heavy atom. The first-order chi connectivity index (χ1) is 11.8. The molecule has 0 radical (unpaired) electrons. The summed E-state index contributed by atoms with van der Waals surface area (Å²) >= 11 is 0. The number of ether oxygens (including phenoxy) is 1. The summed E-state index contributed by atoms with van der Waals surface area (Å²) in [6.45, 7) is 5.65. The highest BCUT2D eigenvalue weighted by Gasteiger charge is 2.19. The van der Waals surface area contributed by atoms with Crippen molar-refractivity contribution >= 4 is 5.69 Å². The Bertz CT molecular complexity index is 630. The summed E-state index contributed by atoms with van der Waals surface area (Å²) in [5.41, 5.74) is 2.01. The Labute approximate surface area is 143 Å². The lowest BCUT2D eigenvalue weighted by Crippen LogP contribution is -2.48. The molecule has 0 bridgehead atoms. The second-order valence-electron chi connectivity index (χ2n) is 5.95. The van der Waals surface area contributed by atoms with Crippen LogP contribution in [-0.4, -0.2) is 56.4 Å². The molecule has 1 fully saturated rings. The van der Waals surface area contributed by atoms with Crippen molar-refractivity contribution in [3.05, 3.63) is 60.0 Å². The molecule has 1 heterocycles. The first-order valence-corrected chi connectivity index (χ1v) is 8.40. The van der Waals surface area contributed by atoms with Crippen LogP contribution < -0.4 is 15.0 Å². The second kappa shape index (κ2) is 7.93. The number of rotatable bonds is 6. The van der Waals surface area contributed by atoms with Crippen LogP contribution in [0.1, 0.15) is 0 Å². The number of nitrogens with one attached hydrogen (secondary N) is 1. The molecular formula is C19H25N3O2. The van der Waals surface area contributed by atoms with Crippen LogP contribution in [0, 0.1) is 0 Å². The number of hydrogen-bond donors (Lipinski definition) is 2. The van der Waals surface area contributed by atoms with Crippen LogP contribution in [-0.2, 0) is 0 Å². The molecule has 1 aliphatic carbocycles. The van der Waals surface area contributed by atoms with Crippen LogP contribution in [0.3, 0.4) is 0 Å². The zero-order chi connectivity index (χ0) is 16.8. The predicted octanol–water partition coefficient (Wildman–Crippen LogP) is 2.30. The van der Waals surface area contributed by atoms with Crippen molar-refractivity contribution in [2.45, 2.75) is 0 Å². The van der Waals surface area contributed by atoms with Gasteiger partial charge in [-0.3, -0.25) is 4.90 Å². The largest absolute Gasteiger partial charge is 0.495 e. The second-order valence-corrected chi connectivity index (χ2v) is 5.95. The van der Waals surface area contributed by atoms with Crippen molar-refractivity contribution < 1.29 is 9.84 Å². The smallest absolute Gasteiger partial charge is 0.191 e. The molecular weight excluding hydrogens is 302 g/mol. The fourth-order valence-corrected chi connectivity index (χ4v) is 3.07. The molecule has 0 aromatic heterocycles. The summed E-state index contributed by atoms with van der Waals surface area (Å²) in [6.07, 6.45) is 7.64. The van der Waals surface area contributed by atoms with Crippen molar-refractivity contribution in [3.8, 4) is 5.75 Å². The van der Waals surface area contributed by atoms with E-state index in [1.165, 1.54) is 5.69 Å². The summed E-state index contributed by atoms with van der Waals surface area (Å²) in [6, 6.07) is 8.17. The lowest BCUT2D eigenvalue weighted by Gasteiger charge is -2.36. The van der Waals surface area contributed by atoms with E-state index in [1.54, 1.807) is 7.11 Å². The topological polar surface area (TPSA) is 48.0 Å². The zero-order valence-electron chi connectivity index (χ0n) is 14.1. The molecule has 3 rings (SSSR count). The van der Waals surface area contributed by atoms with Crippen LogP contribution in [0.2, 0.25) is 0 Å². The number of anilines is 1. The van der Waals surface area contributed by atoms with Gasteiger partial charge in [-0.2, -0.15) is 0 Å². The van der Waals surface area contributed by atoms with E-state index in [4.69, 9.17) is 4.74 Å². The molecule has 24 heavy (non-hydrogen) atoms. The Morgan fingerprint density at radius 2 is 1.83 bits per heavy atom. The molecule has 1 aliphatic heterocycles. The minimum Gasteiger partial charge on any atom is -0.495 e. The third kappa shape index (κ3) is 3.92. The molecule has 0 atom stereocenters. The number of hydrogen-bond acceptors (Lipinski definition) is 5. The van der Waals surface area contributed by atoms with Gasteiger partial charge in [-0.05, 0) is 24.3 Å². The molecule has 2 aliphatic rings. The molecule has 1 aromatic rings. The van der Waals surface area contributed by atoms with Crippen LogP contribution >= 0.6 is 0 Å². The van der Waals surface area contributed by atoms with Gasteiger partial charge >= 0.3 is 0 Å². The number of aliphatic hydroxyl groups is 1. The predicted molar refractivity (Wildman–Crippen MR) is 97.6 cm³/mol. The highest BCUT2D eigenvalue weighted by molar-refractivity contribution is 5.58. The monoisotopic (exact) mass is 327 g/mol. The molecule has 2 N–H and O–H groups in total. The first kappa shape index (κ1) is 16.5. The highest BCUT2D eigenvalue weighted by atomic mass is 16.5. The average molecular weight is 327 g/mol. The van der Waals surface area contributed by atoms with Gasteiger partial charge in [0.15, 0.2) is 5.88 Å². The van der Waals surface area contributed by atoms with E-state index >= 15 is 0 Å². The van der Waals surface area contributed by atoms with Gasteiger partial charge in [0.2, 0.25) is 0 Å². The maximum absolute atomic E-state index is 9.95. The van der Waals surface area contributed by atoms with Gasteiger partial charge in [0.1, 0.15) is 5.75 Å². The van der Waals surface area contributed by atoms with E-state index in [0.717, 1.165) is 50.6 Å². The van der Waals surface area contributed by atoms with Gasteiger partial charge in [0.05, 0.1) is 12.8 Å². The minimum absolute atomic E-state index is 0.257. The lowest BCUT2D eigenvalue weighted by molar-refractivity contribution is 0.251. The van der Waals surface area contributed by atoms with E-state index in [9.17, 15) is 5.11 Å². The molecule has 0 unspecified atom stereocenters. The van der Waals surface area contributed by atoms with Crippen molar-refractivity contribution in [3.63, 3.8) is 0 Å². The van der Waals surface area contributed by atoms with Crippen molar-refractivity contribution in [2.75, 3.05) is 51.3 Å². The standard InChI is InChI=1S/C19H25N3O2/c1-24-18-9-5-4-8-17(18)22-14-12-21(13-15-22)11-10-20-19(23)16-6-2-3-7-16/h2-9,20,23H,10-15H2,1H3. The highest BCUT2D eigenvalue weighted by Crippen LogP contribution is 2.28. The third-order valence-corrected chi connectivity index (χ3v) is 4.45. The normalized spacial score (nSPS) is 17.4. The van der Waals surface area contributed by atoms with E-state index in [2.05, 4.69) is 27.2 Å². The molecule has 0 spiro atoms. The Balaban J connectivity index is 1.45. The first-order valence-electron chi connectivity index (χ1n) is 8.40. The summed E-state index contributed by atoms with van der Waals surface area (Å²) in [7, 11) is 1.72. The summed E-state index contributed by atoms with van der Waals surface area (Å²) in [4.78, 5) is 4.79. The maximum Gasteiger partial charge on any atom is 0.191 e. The zero-order valence-corrected chi connectivity index (χ0v) is 14.1. The molecule has 5 nitrogen and oxygen atoms in total. The summed E-state index contributed by atoms with van der Waals surface area (Å²) < 4.78 is 5.46. The van der Waals surface area contributed by atoms with Crippen molar-refractivity contribution in [1.29, 1.82) is 0 Å². The van der Waals surface area contributed by atoms with E-state index in [1.807, 2.05) is 36.4 Å². The molecule has 5 heteroatoms. The van der Waals surface area contributed by atoms with Gasteiger partial charge in [0, 0.05) is 44.8 Å².